The van der Waals surface area contributed by atoms with Crippen LogP contribution in [0.25, 0.3) is 0 Å². The third kappa shape index (κ3) is 3.94. The molecule has 0 aromatic heterocycles. The molecule has 0 aliphatic heterocycles. The van der Waals surface area contributed by atoms with Crippen molar-refractivity contribution >= 4 is 27.8 Å². The summed E-state index contributed by atoms with van der Waals surface area (Å²) < 4.78 is 38.5. The van der Waals surface area contributed by atoms with Gasteiger partial charge < -0.3 is 15.5 Å². The number of nitrogens with one attached hydrogen (secondary N) is 1. The van der Waals surface area contributed by atoms with Gasteiger partial charge in [-0.25, -0.2) is 4.79 Å². The smallest absolute Gasteiger partial charge is 0.417 e. The Bertz CT molecular complexity index is 533. The number of aliphatic hydroxyl groups excluding tert-OH is 1. The zero-order chi connectivity index (χ0) is 15.5. The monoisotopic (exact) mass is 355 g/mol. The number of hydrogen-bond donors (Lipinski definition) is 3. The number of alkyl halides is 3. The van der Waals surface area contributed by atoms with E-state index in [2.05, 4.69) is 15.9 Å². The minimum absolute atomic E-state index is 0.123. The van der Waals surface area contributed by atoms with Crippen molar-refractivity contribution in [3.63, 3.8) is 0 Å². The average Bonchev–Trinajstić information content (AvgIpc) is 2.34. The van der Waals surface area contributed by atoms with Gasteiger partial charge in [-0.05, 0) is 18.2 Å². The molecule has 1 aromatic carbocycles. The van der Waals surface area contributed by atoms with Crippen molar-refractivity contribution in [2.24, 2.45) is 0 Å². The van der Waals surface area contributed by atoms with E-state index in [1.807, 2.05) is 5.32 Å². The van der Waals surface area contributed by atoms with Gasteiger partial charge in [-0.15, -0.1) is 0 Å². The molecule has 0 heterocycles. The van der Waals surface area contributed by atoms with Crippen molar-refractivity contribution in [2.45, 2.75) is 12.2 Å². The van der Waals surface area contributed by atoms with Crippen LogP contribution in [0.3, 0.4) is 0 Å². The van der Waals surface area contributed by atoms with Gasteiger partial charge >= 0.3 is 12.1 Å². The molecule has 9 heteroatoms. The van der Waals surface area contributed by atoms with E-state index in [0.717, 1.165) is 6.07 Å². The molecule has 1 amide bonds. The second-order valence-corrected chi connectivity index (χ2v) is 4.65. The number of amides is 1. The Balaban J connectivity index is 3.13. The minimum Gasteiger partial charge on any atom is -0.480 e. The van der Waals surface area contributed by atoms with Crippen LogP contribution in [-0.2, 0) is 11.0 Å². The number of aliphatic carboxylic acids is 1. The van der Waals surface area contributed by atoms with E-state index in [4.69, 9.17) is 10.2 Å². The van der Waals surface area contributed by atoms with Gasteiger partial charge in [0, 0.05) is 4.47 Å². The number of carbonyl (C=O) groups is 2. The Kier molecular flexibility index (Phi) is 5.12. The van der Waals surface area contributed by atoms with Gasteiger partial charge in [-0.3, -0.25) is 4.79 Å². The van der Waals surface area contributed by atoms with Gasteiger partial charge in [0.15, 0.2) is 6.04 Å². The highest BCUT2D eigenvalue weighted by atomic mass is 79.9. The normalized spacial score (nSPS) is 12.8. The van der Waals surface area contributed by atoms with Crippen LogP contribution in [0, 0.1) is 0 Å². The summed E-state index contributed by atoms with van der Waals surface area (Å²) in [4.78, 5) is 22.3. The number of carbonyl (C=O) groups excluding carboxylic acids is 1. The molecule has 0 aliphatic carbocycles. The van der Waals surface area contributed by atoms with Gasteiger partial charge in [-0.1, -0.05) is 15.9 Å². The van der Waals surface area contributed by atoms with E-state index >= 15 is 0 Å². The molecule has 1 aromatic rings. The number of hydrogen-bond acceptors (Lipinski definition) is 3. The van der Waals surface area contributed by atoms with Crippen LogP contribution in [0.5, 0.6) is 0 Å². The minimum atomic E-state index is -4.77. The fourth-order valence-corrected chi connectivity index (χ4v) is 1.73. The molecule has 1 atom stereocenters. The predicted octanol–water partition coefficient (Wildman–Crippen LogP) is 1.64. The Hall–Kier alpha value is -1.61. The summed E-state index contributed by atoms with van der Waals surface area (Å²) in [6.07, 6.45) is -4.77. The molecule has 5 nitrogen and oxygen atoms in total. The Morgan fingerprint density at radius 2 is 1.95 bits per heavy atom. The molecular weight excluding hydrogens is 347 g/mol. The van der Waals surface area contributed by atoms with E-state index < -0.39 is 41.8 Å². The SMILES string of the molecule is O=C(N[C@H](CO)C(=O)O)c1ccc(Br)cc1C(F)(F)F. The molecule has 3 N–H and O–H groups in total. The zero-order valence-corrected chi connectivity index (χ0v) is 11.3. The zero-order valence-electron chi connectivity index (χ0n) is 9.74. The van der Waals surface area contributed by atoms with Crippen molar-refractivity contribution in [1.29, 1.82) is 0 Å². The quantitative estimate of drug-likeness (QED) is 0.766. The van der Waals surface area contributed by atoms with Crippen LogP contribution in [0.4, 0.5) is 13.2 Å². The molecular formula is C11H9BrF3NO4. The Morgan fingerprint density at radius 1 is 1.35 bits per heavy atom. The summed E-state index contributed by atoms with van der Waals surface area (Å²) in [5.74, 6) is -2.78. The van der Waals surface area contributed by atoms with Gasteiger partial charge in [0.25, 0.3) is 5.91 Å². The maximum Gasteiger partial charge on any atom is 0.417 e. The van der Waals surface area contributed by atoms with Gasteiger partial charge in [0.2, 0.25) is 0 Å². The first-order chi connectivity index (χ1) is 9.16. The van der Waals surface area contributed by atoms with Crippen molar-refractivity contribution in [1.82, 2.24) is 5.32 Å². The Morgan fingerprint density at radius 3 is 2.40 bits per heavy atom. The molecule has 0 aliphatic rings. The first kappa shape index (κ1) is 16.4. The molecule has 0 unspecified atom stereocenters. The van der Waals surface area contributed by atoms with Crippen molar-refractivity contribution in [3.8, 4) is 0 Å². The Labute approximate surface area is 119 Å². The fraction of sp³-hybridized carbons (Fsp3) is 0.273. The third-order valence-electron chi connectivity index (χ3n) is 2.32. The molecule has 1 rings (SSSR count). The number of carboxylic acid groups (broad SMARTS) is 1. The first-order valence-electron chi connectivity index (χ1n) is 5.18. The topological polar surface area (TPSA) is 86.6 Å². The lowest BCUT2D eigenvalue weighted by Gasteiger charge is -2.15. The van der Waals surface area contributed by atoms with Gasteiger partial charge in [0.05, 0.1) is 17.7 Å². The standard InChI is InChI=1S/C11H9BrF3NO4/c12-5-1-2-6(7(3-5)11(13,14)15)9(18)16-8(4-17)10(19)20/h1-3,8,17H,4H2,(H,16,18)(H,19,20)/t8-/m1/s1. The van der Waals surface area contributed by atoms with E-state index in [1.165, 1.54) is 6.07 Å². The summed E-state index contributed by atoms with van der Waals surface area (Å²) in [7, 11) is 0. The maximum absolute atomic E-state index is 12.8. The van der Waals surface area contributed by atoms with E-state index in [9.17, 15) is 22.8 Å². The second kappa shape index (κ2) is 6.23. The van der Waals surface area contributed by atoms with E-state index in [-0.39, 0.29) is 4.47 Å². The molecule has 110 valence electrons. The van der Waals surface area contributed by atoms with E-state index in [1.54, 1.807) is 0 Å². The lowest BCUT2D eigenvalue weighted by Crippen LogP contribution is -2.43. The highest BCUT2D eigenvalue weighted by Crippen LogP contribution is 2.33. The van der Waals surface area contributed by atoms with Crippen LogP contribution in [-0.4, -0.2) is 34.7 Å². The molecule has 0 fully saturated rings. The maximum atomic E-state index is 12.8. The first-order valence-corrected chi connectivity index (χ1v) is 5.97. The van der Waals surface area contributed by atoms with Gasteiger partial charge in [-0.2, -0.15) is 13.2 Å². The average molecular weight is 356 g/mol. The lowest BCUT2D eigenvalue weighted by molar-refractivity contribution is -0.140. The summed E-state index contributed by atoms with van der Waals surface area (Å²) in [6.45, 7) is -0.932. The van der Waals surface area contributed by atoms with Crippen molar-refractivity contribution in [2.75, 3.05) is 6.61 Å². The molecule has 0 bridgehead atoms. The molecule has 0 saturated carbocycles. The number of aliphatic hydroxyl groups is 1. The van der Waals surface area contributed by atoms with Crippen molar-refractivity contribution in [3.05, 3.63) is 33.8 Å². The third-order valence-corrected chi connectivity index (χ3v) is 2.81. The van der Waals surface area contributed by atoms with Crippen LogP contribution in [0.15, 0.2) is 22.7 Å². The highest BCUT2D eigenvalue weighted by molar-refractivity contribution is 9.10. The molecule has 0 spiro atoms. The highest BCUT2D eigenvalue weighted by Gasteiger charge is 2.36. The van der Waals surface area contributed by atoms with Crippen LogP contribution < -0.4 is 5.32 Å². The molecule has 20 heavy (non-hydrogen) atoms. The van der Waals surface area contributed by atoms with Crippen LogP contribution in [0.1, 0.15) is 15.9 Å². The summed E-state index contributed by atoms with van der Waals surface area (Å²) in [5, 5.41) is 19.2. The summed E-state index contributed by atoms with van der Waals surface area (Å²) >= 11 is 2.86. The lowest BCUT2D eigenvalue weighted by atomic mass is 10.1. The fourth-order valence-electron chi connectivity index (χ4n) is 1.37. The number of benzene rings is 1. The van der Waals surface area contributed by atoms with Gasteiger partial charge in [0.1, 0.15) is 0 Å². The van der Waals surface area contributed by atoms with Crippen LogP contribution >= 0.6 is 15.9 Å². The molecule has 0 saturated heterocycles. The van der Waals surface area contributed by atoms with E-state index in [0.29, 0.717) is 6.07 Å². The predicted molar refractivity (Wildman–Crippen MR) is 65.1 cm³/mol. The molecule has 0 radical (unpaired) electrons. The summed E-state index contributed by atoms with van der Waals surface area (Å²) in [6, 6.07) is 1.17. The number of carboxylic acids is 1. The second-order valence-electron chi connectivity index (χ2n) is 3.73. The summed E-state index contributed by atoms with van der Waals surface area (Å²) in [5.41, 5.74) is -1.92. The number of rotatable bonds is 4. The van der Waals surface area contributed by atoms with Crippen molar-refractivity contribution < 1.29 is 33.0 Å². The largest absolute Gasteiger partial charge is 0.480 e. The number of halogens is 4. The van der Waals surface area contributed by atoms with Crippen LogP contribution in [0.2, 0.25) is 0 Å².